The summed E-state index contributed by atoms with van der Waals surface area (Å²) in [5.41, 5.74) is 3.46. The first-order valence-corrected chi connectivity index (χ1v) is 8.18. The van der Waals surface area contributed by atoms with Crippen molar-refractivity contribution < 1.29 is 4.74 Å². The van der Waals surface area contributed by atoms with Gasteiger partial charge in [-0.1, -0.05) is 40.5 Å². The average Bonchev–Trinajstić information content (AvgIpc) is 2.45. The molecule has 0 aromatic heterocycles. The molecular formula is C17H19BrClNO. The molecule has 2 aromatic rings. The Balaban J connectivity index is 2.01. The van der Waals surface area contributed by atoms with Crippen LogP contribution < -0.4 is 10.1 Å². The van der Waals surface area contributed by atoms with Crippen molar-refractivity contribution in [2.24, 2.45) is 0 Å². The second kappa shape index (κ2) is 7.71. The number of benzene rings is 2. The van der Waals surface area contributed by atoms with Gasteiger partial charge in [0.05, 0.1) is 11.6 Å². The fourth-order valence-corrected chi connectivity index (χ4v) is 2.74. The highest BCUT2D eigenvalue weighted by Crippen LogP contribution is 2.26. The van der Waals surface area contributed by atoms with E-state index in [2.05, 4.69) is 47.2 Å². The molecule has 0 amide bonds. The normalized spacial score (nSPS) is 10.5. The van der Waals surface area contributed by atoms with Crippen LogP contribution in [0.2, 0.25) is 5.02 Å². The van der Waals surface area contributed by atoms with Crippen LogP contribution in [0.4, 0.5) is 5.69 Å². The predicted octanol–water partition coefficient (Wildman–Crippen LogP) is 5.81. The van der Waals surface area contributed by atoms with Crippen molar-refractivity contribution in [3.05, 3.63) is 57.0 Å². The summed E-state index contributed by atoms with van der Waals surface area (Å²) in [7, 11) is 0. The lowest BCUT2D eigenvalue weighted by atomic mass is 10.1. The Morgan fingerprint density at radius 1 is 1.19 bits per heavy atom. The van der Waals surface area contributed by atoms with Gasteiger partial charge in [-0.3, -0.25) is 0 Å². The first kappa shape index (κ1) is 16.2. The van der Waals surface area contributed by atoms with E-state index < -0.39 is 0 Å². The van der Waals surface area contributed by atoms with E-state index in [-0.39, 0.29) is 0 Å². The zero-order valence-electron chi connectivity index (χ0n) is 12.2. The van der Waals surface area contributed by atoms with Crippen molar-refractivity contribution in [3.8, 4) is 5.75 Å². The molecule has 0 aliphatic heterocycles. The second-order valence-electron chi connectivity index (χ2n) is 4.93. The zero-order chi connectivity index (χ0) is 15.2. The summed E-state index contributed by atoms with van der Waals surface area (Å²) in [6.07, 6.45) is 0.975. The summed E-state index contributed by atoms with van der Waals surface area (Å²) < 4.78 is 6.67. The number of rotatable bonds is 6. The first-order valence-electron chi connectivity index (χ1n) is 7.01. The lowest BCUT2D eigenvalue weighted by molar-refractivity contribution is 0.317. The number of nitrogens with one attached hydrogen (secondary N) is 1. The van der Waals surface area contributed by atoms with Gasteiger partial charge in [0.2, 0.25) is 0 Å². The molecule has 0 aliphatic carbocycles. The molecule has 0 radical (unpaired) electrons. The molecule has 0 atom stereocenters. The van der Waals surface area contributed by atoms with Crippen LogP contribution in [0.3, 0.4) is 0 Å². The third-order valence-electron chi connectivity index (χ3n) is 3.13. The number of hydrogen-bond acceptors (Lipinski definition) is 2. The molecule has 0 aliphatic rings. The summed E-state index contributed by atoms with van der Waals surface area (Å²) in [4.78, 5) is 0. The molecule has 0 unspecified atom stereocenters. The molecule has 2 rings (SSSR count). The van der Waals surface area contributed by atoms with Crippen LogP contribution in [0.25, 0.3) is 0 Å². The van der Waals surface area contributed by atoms with Gasteiger partial charge in [-0.05, 0) is 54.8 Å². The van der Waals surface area contributed by atoms with E-state index in [1.807, 2.05) is 24.3 Å². The minimum absolute atomic E-state index is 0.662. The lowest BCUT2D eigenvalue weighted by Gasteiger charge is -2.12. The fourth-order valence-electron chi connectivity index (χ4n) is 2.01. The Labute approximate surface area is 139 Å². The maximum Gasteiger partial charge on any atom is 0.137 e. The van der Waals surface area contributed by atoms with E-state index in [4.69, 9.17) is 16.3 Å². The number of hydrogen-bond donors (Lipinski definition) is 1. The van der Waals surface area contributed by atoms with Crippen LogP contribution in [0.15, 0.2) is 40.9 Å². The Morgan fingerprint density at radius 2 is 2.00 bits per heavy atom. The van der Waals surface area contributed by atoms with Crippen LogP contribution in [0.1, 0.15) is 24.5 Å². The van der Waals surface area contributed by atoms with E-state index in [0.717, 1.165) is 34.4 Å². The van der Waals surface area contributed by atoms with E-state index in [9.17, 15) is 0 Å². The standard InChI is InChI=1S/C17H19BrClNO/c1-3-8-21-17-7-4-13(10-15(17)19)11-20-16-6-5-14(18)9-12(16)2/h4-7,9-10,20H,3,8,11H2,1-2H3. The third-order valence-corrected chi connectivity index (χ3v) is 3.92. The molecule has 4 heteroatoms. The molecule has 0 saturated carbocycles. The van der Waals surface area contributed by atoms with Gasteiger partial charge in [0, 0.05) is 16.7 Å². The van der Waals surface area contributed by atoms with Gasteiger partial charge in [-0.15, -0.1) is 0 Å². The molecule has 2 nitrogen and oxygen atoms in total. The van der Waals surface area contributed by atoms with Crippen LogP contribution >= 0.6 is 27.5 Å². The van der Waals surface area contributed by atoms with Gasteiger partial charge in [-0.2, -0.15) is 0 Å². The van der Waals surface area contributed by atoms with E-state index in [1.54, 1.807) is 0 Å². The predicted molar refractivity (Wildman–Crippen MR) is 93.4 cm³/mol. The van der Waals surface area contributed by atoms with Gasteiger partial charge >= 0.3 is 0 Å². The average molecular weight is 369 g/mol. The quantitative estimate of drug-likeness (QED) is 0.694. The minimum Gasteiger partial charge on any atom is -0.492 e. The molecule has 112 valence electrons. The highest BCUT2D eigenvalue weighted by Gasteiger charge is 2.04. The van der Waals surface area contributed by atoms with Crippen LogP contribution in [-0.2, 0) is 6.54 Å². The van der Waals surface area contributed by atoms with E-state index >= 15 is 0 Å². The molecule has 0 heterocycles. The van der Waals surface area contributed by atoms with Crippen molar-refractivity contribution in [2.75, 3.05) is 11.9 Å². The second-order valence-corrected chi connectivity index (χ2v) is 6.25. The molecule has 1 N–H and O–H groups in total. The van der Waals surface area contributed by atoms with Crippen molar-refractivity contribution in [3.63, 3.8) is 0 Å². The van der Waals surface area contributed by atoms with Crippen LogP contribution in [0.5, 0.6) is 5.75 Å². The Bertz CT molecular complexity index is 616. The third kappa shape index (κ3) is 4.65. The van der Waals surface area contributed by atoms with Crippen LogP contribution in [0, 0.1) is 6.92 Å². The highest BCUT2D eigenvalue weighted by molar-refractivity contribution is 9.10. The molecule has 0 bridgehead atoms. The van der Waals surface area contributed by atoms with E-state index in [1.165, 1.54) is 5.56 Å². The van der Waals surface area contributed by atoms with Gasteiger partial charge in [0.15, 0.2) is 0 Å². The number of ether oxygens (including phenoxy) is 1. The molecule has 0 fully saturated rings. The Hall–Kier alpha value is -1.19. The molecule has 0 saturated heterocycles. The summed E-state index contributed by atoms with van der Waals surface area (Å²) in [5, 5.41) is 4.09. The minimum atomic E-state index is 0.662. The number of halogens is 2. The smallest absolute Gasteiger partial charge is 0.137 e. The highest BCUT2D eigenvalue weighted by atomic mass is 79.9. The van der Waals surface area contributed by atoms with Gasteiger partial charge in [0.1, 0.15) is 5.75 Å². The fraction of sp³-hybridized carbons (Fsp3) is 0.294. The van der Waals surface area contributed by atoms with Gasteiger partial charge in [0.25, 0.3) is 0 Å². The van der Waals surface area contributed by atoms with E-state index in [0.29, 0.717) is 11.6 Å². The van der Waals surface area contributed by atoms with Crippen molar-refractivity contribution in [2.45, 2.75) is 26.8 Å². The number of aryl methyl sites for hydroxylation is 1. The molecular weight excluding hydrogens is 350 g/mol. The van der Waals surface area contributed by atoms with Crippen molar-refractivity contribution in [1.82, 2.24) is 0 Å². The first-order chi connectivity index (χ1) is 10.1. The summed E-state index contributed by atoms with van der Waals surface area (Å²) in [6, 6.07) is 12.1. The van der Waals surface area contributed by atoms with Gasteiger partial charge in [-0.25, -0.2) is 0 Å². The Kier molecular flexibility index (Phi) is 5.95. The molecule has 21 heavy (non-hydrogen) atoms. The van der Waals surface area contributed by atoms with Crippen molar-refractivity contribution >= 4 is 33.2 Å². The topological polar surface area (TPSA) is 21.3 Å². The maximum absolute atomic E-state index is 6.24. The Morgan fingerprint density at radius 3 is 2.67 bits per heavy atom. The molecule has 2 aromatic carbocycles. The maximum atomic E-state index is 6.24. The molecule has 0 spiro atoms. The largest absolute Gasteiger partial charge is 0.492 e. The summed E-state index contributed by atoms with van der Waals surface area (Å²) in [5.74, 6) is 0.752. The lowest BCUT2D eigenvalue weighted by Crippen LogP contribution is -2.02. The van der Waals surface area contributed by atoms with Crippen LogP contribution in [-0.4, -0.2) is 6.61 Å². The van der Waals surface area contributed by atoms with Crippen molar-refractivity contribution in [1.29, 1.82) is 0 Å². The summed E-state index contributed by atoms with van der Waals surface area (Å²) in [6.45, 7) is 5.58. The SMILES string of the molecule is CCCOc1ccc(CNc2ccc(Br)cc2C)cc1Cl. The number of anilines is 1. The zero-order valence-corrected chi connectivity index (χ0v) is 14.6. The summed E-state index contributed by atoms with van der Waals surface area (Å²) >= 11 is 9.71. The monoisotopic (exact) mass is 367 g/mol. The van der Waals surface area contributed by atoms with Gasteiger partial charge < -0.3 is 10.1 Å².